The number of halogens is 3. The highest BCUT2D eigenvalue weighted by Gasteiger charge is 2.47. The van der Waals surface area contributed by atoms with E-state index in [-0.39, 0.29) is 53.6 Å². The van der Waals surface area contributed by atoms with Gasteiger partial charge in [-0.1, -0.05) is 12.1 Å². The summed E-state index contributed by atoms with van der Waals surface area (Å²) in [4.78, 5) is 41.8. The number of benzene rings is 2. The molecule has 0 radical (unpaired) electrons. The zero-order valence-electron chi connectivity index (χ0n) is 22.6. The molecule has 2 aromatic carbocycles. The third-order valence-corrected chi connectivity index (χ3v) is 9.77. The minimum atomic E-state index is -1.51. The van der Waals surface area contributed by atoms with Gasteiger partial charge in [-0.3, -0.25) is 19.3 Å². The minimum absolute atomic E-state index is 0.00204. The molecule has 3 aliphatic rings. The molecule has 2 aromatic rings. The third kappa shape index (κ3) is 5.33. The van der Waals surface area contributed by atoms with Crippen LogP contribution in [0.5, 0.6) is 0 Å². The van der Waals surface area contributed by atoms with Gasteiger partial charge in [0.25, 0.3) is 11.8 Å². The van der Waals surface area contributed by atoms with E-state index < -0.39 is 51.0 Å². The molecule has 214 valence electrons. The van der Waals surface area contributed by atoms with E-state index in [1.807, 2.05) is 0 Å². The lowest BCUT2D eigenvalue weighted by Crippen LogP contribution is -2.54. The maximum Gasteiger partial charge on any atom is 0.262 e. The Morgan fingerprint density at radius 2 is 1.52 bits per heavy atom. The first kappa shape index (κ1) is 28.5. The van der Waals surface area contributed by atoms with Gasteiger partial charge in [0, 0.05) is 24.2 Å². The summed E-state index contributed by atoms with van der Waals surface area (Å²) in [5, 5.41) is 0. The number of fused-ring (bicyclic) bond motifs is 3. The molecule has 0 spiro atoms. The van der Waals surface area contributed by atoms with Gasteiger partial charge in [-0.2, -0.15) is 0 Å². The normalized spacial score (nSPS) is 23.9. The van der Waals surface area contributed by atoms with Gasteiger partial charge in [0.2, 0.25) is 5.91 Å². The highest BCUT2D eigenvalue weighted by Crippen LogP contribution is 2.41. The van der Waals surface area contributed by atoms with Crippen LogP contribution in [0.15, 0.2) is 36.4 Å². The molecule has 1 N–H and O–H groups in total. The fourth-order valence-corrected chi connectivity index (χ4v) is 7.03. The maximum absolute atomic E-state index is 14.6. The lowest BCUT2D eigenvalue weighted by molar-refractivity contribution is -0.136. The number of piperidine rings is 1. The number of imide groups is 1. The number of nitrogens with zero attached hydrogens (tertiary/aromatic N) is 2. The second-order valence-corrected chi connectivity index (χ2v) is 13.8. The molecule has 40 heavy (non-hydrogen) atoms. The first-order valence-corrected chi connectivity index (χ1v) is 14.6. The van der Waals surface area contributed by atoms with Crippen molar-refractivity contribution >= 4 is 28.7 Å². The van der Waals surface area contributed by atoms with E-state index in [2.05, 4.69) is 4.72 Å². The standard InChI is InChI=1S/C29H32F3N3O4S/c1-29(2,3)40(39)33-25(13-16-12-23(31)24(32)14-22(16)30)17-10-18-8-9-19(11-17)35(18)26(36)15-34-27(37)20-6-4-5-7-21(20)28(34)38/h4-7,12,14,17-19,25,33H,8-11,13,15H2,1-3H3/t17?,18?,19?,25-,40-/m0/s1. The summed E-state index contributed by atoms with van der Waals surface area (Å²) >= 11 is 0. The second-order valence-electron chi connectivity index (χ2n) is 11.8. The van der Waals surface area contributed by atoms with Crippen molar-refractivity contribution in [3.8, 4) is 0 Å². The largest absolute Gasteiger partial charge is 0.335 e. The monoisotopic (exact) mass is 575 g/mol. The number of amides is 3. The zero-order chi connectivity index (χ0) is 28.9. The van der Waals surface area contributed by atoms with Gasteiger partial charge >= 0.3 is 0 Å². The van der Waals surface area contributed by atoms with Crippen molar-refractivity contribution in [3.63, 3.8) is 0 Å². The molecule has 0 aromatic heterocycles. The molecule has 2 bridgehead atoms. The molecule has 5 rings (SSSR count). The Morgan fingerprint density at radius 1 is 0.975 bits per heavy atom. The summed E-state index contributed by atoms with van der Waals surface area (Å²) in [6, 6.07) is 6.98. The Kier molecular flexibility index (Phi) is 7.64. The van der Waals surface area contributed by atoms with Crippen LogP contribution in [0.25, 0.3) is 0 Å². The molecule has 7 nitrogen and oxygen atoms in total. The van der Waals surface area contributed by atoms with E-state index in [4.69, 9.17) is 0 Å². The summed E-state index contributed by atoms with van der Waals surface area (Å²) in [7, 11) is -1.51. The molecular weight excluding hydrogens is 543 g/mol. The van der Waals surface area contributed by atoms with Crippen LogP contribution in [-0.2, 0) is 22.2 Å². The van der Waals surface area contributed by atoms with Gasteiger partial charge in [-0.15, -0.1) is 0 Å². The van der Waals surface area contributed by atoms with Crippen LogP contribution in [0.4, 0.5) is 13.2 Å². The van der Waals surface area contributed by atoms with Crippen LogP contribution in [0.2, 0.25) is 0 Å². The third-order valence-electron chi connectivity index (χ3n) is 8.14. The van der Waals surface area contributed by atoms with E-state index in [1.54, 1.807) is 49.9 Å². The van der Waals surface area contributed by atoms with Crippen molar-refractivity contribution in [2.45, 2.75) is 75.7 Å². The molecule has 2 fully saturated rings. The highest BCUT2D eigenvalue weighted by atomic mass is 32.2. The quantitative estimate of drug-likeness (QED) is 0.398. The molecule has 3 aliphatic heterocycles. The predicted octanol–water partition coefficient (Wildman–Crippen LogP) is 4.13. The summed E-state index contributed by atoms with van der Waals surface area (Å²) in [5.74, 6) is -4.71. The molecule has 0 saturated carbocycles. The highest BCUT2D eigenvalue weighted by molar-refractivity contribution is 7.84. The van der Waals surface area contributed by atoms with E-state index in [9.17, 15) is 31.8 Å². The van der Waals surface area contributed by atoms with E-state index in [0.29, 0.717) is 18.9 Å². The van der Waals surface area contributed by atoms with Crippen LogP contribution in [0.1, 0.15) is 72.7 Å². The summed E-state index contributed by atoms with van der Waals surface area (Å²) in [6.45, 7) is 5.06. The Bertz CT molecular complexity index is 1350. The molecule has 2 saturated heterocycles. The smallest absolute Gasteiger partial charge is 0.262 e. The molecule has 0 aliphatic carbocycles. The number of hydrogen-bond donors (Lipinski definition) is 1. The minimum Gasteiger partial charge on any atom is -0.335 e. The first-order valence-electron chi connectivity index (χ1n) is 13.4. The maximum atomic E-state index is 14.6. The van der Waals surface area contributed by atoms with Gasteiger partial charge in [-0.25, -0.2) is 22.1 Å². The number of rotatable bonds is 7. The molecule has 4 atom stereocenters. The Labute approximate surface area is 233 Å². The van der Waals surface area contributed by atoms with E-state index in [0.717, 1.165) is 23.8 Å². The molecule has 3 amide bonds. The van der Waals surface area contributed by atoms with Crippen molar-refractivity contribution in [1.82, 2.24) is 14.5 Å². The molecule has 11 heteroatoms. The number of nitrogens with one attached hydrogen (secondary N) is 1. The first-order chi connectivity index (χ1) is 18.8. The number of carbonyl (C=O) groups is 3. The SMILES string of the molecule is CC(C)(C)[S@](=O)N[C@@H](Cc1cc(F)c(F)cc1F)C1CC2CCC(C1)N2C(=O)CN1C(=O)c2ccccc2C1=O. The van der Waals surface area contributed by atoms with Crippen molar-refractivity contribution in [2.24, 2.45) is 5.92 Å². The van der Waals surface area contributed by atoms with Crippen LogP contribution >= 0.6 is 0 Å². The van der Waals surface area contributed by atoms with Gasteiger partial charge in [-0.05, 0) is 82.6 Å². The molecular formula is C29H32F3N3O4S. The lowest BCUT2D eigenvalue weighted by atomic mass is 9.82. The summed E-state index contributed by atoms with van der Waals surface area (Å²) < 4.78 is 57.7. The van der Waals surface area contributed by atoms with Crippen molar-refractivity contribution < 1.29 is 31.8 Å². The Hall–Kier alpha value is -3.05. The average Bonchev–Trinajstić information content (AvgIpc) is 3.30. The second kappa shape index (κ2) is 10.7. The van der Waals surface area contributed by atoms with Gasteiger partial charge < -0.3 is 4.90 Å². The van der Waals surface area contributed by atoms with Gasteiger partial charge in [0.15, 0.2) is 11.6 Å². The van der Waals surface area contributed by atoms with Gasteiger partial charge in [0.1, 0.15) is 12.4 Å². The fourth-order valence-electron chi connectivity index (χ4n) is 6.13. The summed E-state index contributed by atoms with van der Waals surface area (Å²) in [5.41, 5.74) is 0.554. The van der Waals surface area contributed by atoms with Crippen LogP contribution in [0.3, 0.4) is 0 Å². The number of hydrogen-bond acceptors (Lipinski definition) is 4. The van der Waals surface area contributed by atoms with Gasteiger partial charge in [0.05, 0.1) is 26.9 Å². The topological polar surface area (TPSA) is 86.8 Å². The zero-order valence-corrected chi connectivity index (χ0v) is 23.4. The van der Waals surface area contributed by atoms with E-state index >= 15 is 0 Å². The van der Waals surface area contributed by atoms with Crippen LogP contribution < -0.4 is 4.72 Å². The lowest BCUT2D eigenvalue weighted by Gasteiger charge is -2.42. The summed E-state index contributed by atoms with van der Waals surface area (Å²) in [6.07, 6.45) is 2.49. The molecule has 2 unspecified atom stereocenters. The van der Waals surface area contributed by atoms with E-state index in [1.165, 1.54) is 0 Å². The molecule has 3 heterocycles. The van der Waals surface area contributed by atoms with Crippen molar-refractivity contribution in [2.75, 3.05) is 6.54 Å². The average molecular weight is 576 g/mol. The number of carbonyl (C=O) groups excluding carboxylic acids is 3. The van der Waals surface area contributed by atoms with Crippen molar-refractivity contribution in [1.29, 1.82) is 0 Å². The van der Waals surface area contributed by atoms with Crippen LogP contribution in [0, 0.1) is 23.4 Å². The van der Waals surface area contributed by atoms with Crippen molar-refractivity contribution in [3.05, 3.63) is 70.5 Å². The predicted molar refractivity (Wildman–Crippen MR) is 143 cm³/mol. The Balaban J connectivity index is 1.33. The van der Waals surface area contributed by atoms with Crippen LogP contribution in [-0.4, -0.2) is 61.1 Å². The Morgan fingerprint density at radius 3 is 2.08 bits per heavy atom. The fraction of sp³-hybridized carbons (Fsp3) is 0.483.